The third-order valence-electron chi connectivity index (χ3n) is 4.76. The second-order valence-corrected chi connectivity index (χ2v) is 7.34. The molecule has 1 rings (SSSR count). The van der Waals surface area contributed by atoms with Gasteiger partial charge in [-0.25, -0.2) is 0 Å². The van der Waals surface area contributed by atoms with Crippen molar-refractivity contribution in [1.82, 2.24) is 0 Å². The van der Waals surface area contributed by atoms with Gasteiger partial charge in [-0.05, 0) is 44.4 Å². The first kappa shape index (κ1) is 21.3. The fourth-order valence-corrected chi connectivity index (χ4v) is 3.04. The Bertz CT molecular complexity index is 585. The van der Waals surface area contributed by atoms with Crippen molar-refractivity contribution in [2.45, 2.75) is 66.1 Å². The Labute approximate surface area is 150 Å². The fraction of sp³-hybridized carbons (Fsp3) is 0.650. The summed E-state index contributed by atoms with van der Waals surface area (Å²) in [5.41, 5.74) is -0.929. The van der Waals surface area contributed by atoms with Crippen molar-refractivity contribution in [3.63, 3.8) is 0 Å². The highest BCUT2D eigenvalue weighted by atomic mass is 16.6. The van der Waals surface area contributed by atoms with E-state index < -0.39 is 29.5 Å². The van der Waals surface area contributed by atoms with Gasteiger partial charge in [0.15, 0.2) is 11.6 Å². The summed E-state index contributed by atoms with van der Waals surface area (Å²) in [5.74, 6) is -2.00. The summed E-state index contributed by atoms with van der Waals surface area (Å²) in [6.45, 7) is 10.2. The number of hydrogen-bond donors (Lipinski definition) is 1. The van der Waals surface area contributed by atoms with Crippen LogP contribution in [0.4, 0.5) is 0 Å². The van der Waals surface area contributed by atoms with Crippen molar-refractivity contribution in [3.05, 3.63) is 23.8 Å². The maximum Gasteiger partial charge on any atom is 0.309 e. The standard InChI is InChI=1S/C20H30O5/c1-7-17-20(6,24)9-8-16(21)12(2)10-13(3)18(22)14(4)11-15(5)19(23)25-17/h8-10,12,14-15,17,24H,7,11H2,1-6H3/b9-8+,13-10+/t12-,14-,15+,17-,20+/m0/s1. The summed E-state index contributed by atoms with van der Waals surface area (Å²) in [6, 6.07) is 0. The third-order valence-corrected chi connectivity index (χ3v) is 4.76. The van der Waals surface area contributed by atoms with Crippen LogP contribution < -0.4 is 0 Å². The Kier molecular flexibility index (Phi) is 7.29. The smallest absolute Gasteiger partial charge is 0.309 e. The lowest BCUT2D eigenvalue weighted by Crippen LogP contribution is -2.41. The topological polar surface area (TPSA) is 80.7 Å². The van der Waals surface area contributed by atoms with E-state index in [9.17, 15) is 19.5 Å². The molecule has 1 heterocycles. The fourth-order valence-electron chi connectivity index (χ4n) is 3.04. The number of rotatable bonds is 1. The average Bonchev–Trinajstić information content (AvgIpc) is 2.55. The van der Waals surface area contributed by atoms with E-state index in [1.54, 1.807) is 40.7 Å². The maximum atomic E-state index is 12.5. The minimum atomic E-state index is -1.44. The lowest BCUT2D eigenvalue weighted by atomic mass is 9.88. The van der Waals surface area contributed by atoms with Crippen molar-refractivity contribution in [3.8, 4) is 0 Å². The number of hydrogen-bond acceptors (Lipinski definition) is 5. The molecule has 1 aliphatic rings. The molecule has 0 unspecified atom stereocenters. The Hall–Kier alpha value is -1.75. The number of ether oxygens (including phenoxy) is 1. The minimum Gasteiger partial charge on any atom is -0.459 e. The SMILES string of the molecule is CC[C@@H]1OC(=O)[C@H](C)C[C@H](C)C(=O)/C(C)=C/[C@H](C)C(=O)/C=C/[C@@]1(C)O. The molecule has 1 N–H and O–H groups in total. The van der Waals surface area contributed by atoms with E-state index in [2.05, 4.69) is 0 Å². The molecule has 0 radical (unpaired) electrons. The van der Waals surface area contributed by atoms with E-state index in [-0.39, 0.29) is 17.5 Å². The van der Waals surface area contributed by atoms with Crippen molar-refractivity contribution in [2.24, 2.45) is 17.8 Å². The van der Waals surface area contributed by atoms with E-state index in [0.29, 0.717) is 18.4 Å². The highest BCUT2D eigenvalue weighted by Crippen LogP contribution is 2.24. The van der Waals surface area contributed by atoms with Crippen LogP contribution in [0.25, 0.3) is 0 Å². The van der Waals surface area contributed by atoms with Gasteiger partial charge < -0.3 is 9.84 Å². The monoisotopic (exact) mass is 350 g/mol. The molecule has 1 aliphatic heterocycles. The molecule has 0 aromatic rings. The molecule has 0 amide bonds. The number of carbonyl (C=O) groups is 3. The number of Topliss-reactive ketones (excluding diaryl/α,β-unsaturated/α-hetero) is 1. The van der Waals surface area contributed by atoms with Gasteiger partial charge >= 0.3 is 5.97 Å². The average molecular weight is 350 g/mol. The lowest BCUT2D eigenvalue weighted by molar-refractivity contribution is -0.164. The number of aliphatic hydroxyl groups is 1. The molecule has 5 nitrogen and oxygen atoms in total. The van der Waals surface area contributed by atoms with Gasteiger partial charge in [-0.15, -0.1) is 0 Å². The number of esters is 1. The second kappa shape index (κ2) is 8.56. The number of carbonyl (C=O) groups excluding carboxylic acids is 3. The van der Waals surface area contributed by atoms with Gasteiger partial charge in [-0.3, -0.25) is 14.4 Å². The molecule has 0 fully saturated rings. The van der Waals surface area contributed by atoms with Gasteiger partial charge in [-0.1, -0.05) is 33.8 Å². The lowest BCUT2D eigenvalue weighted by Gasteiger charge is -2.30. The summed E-state index contributed by atoms with van der Waals surface area (Å²) < 4.78 is 5.47. The Morgan fingerprint density at radius 2 is 1.80 bits per heavy atom. The number of cyclic esters (lactones) is 1. The van der Waals surface area contributed by atoms with Crippen molar-refractivity contribution < 1.29 is 24.2 Å². The highest BCUT2D eigenvalue weighted by Gasteiger charge is 2.34. The zero-order valence-electron chi connectivity index (χ0n) is 16.0. The van der Waals surface area contributed by atoms with Crippen LogP contribution >= 0.6 is 0 Å². The van der Waals surface area contributed by atoms with Crippen molar-refractivity contribution in [1.29, 1.82) is 0 Å². The van der Waals surface area contributed by atoms with Gasteiger partial charge in [0, 0.05) is 11.8 Å². The van der Waals surface area contributed by atoms with Gasteiger partial charge in [0.25, 0.3) is 0 Å². The molecule has 0 aromatic carbocycles. The van der Waals surface area contributed by atoms with E-state index in [0.717, 1.165) is 0 Å². The molecule has 140 valence electrons. The van der Waals surface area contributed by atoms with Crippen LogP contribution in [0.3, 0.4) is 0 Å². The highest BCUT2D eigenvalue weighted by molar-refractivity contribution is 5.99. The van der Waals surface area contributed by atoms with Gasteiger partial charge in [0.1, 0.15) is 11.7 Å². The summed E-state index contributed by atoms with van der Waals surface area (Å²) in [7, 11) is 0. The summed E-state index contributed by atoms with van der Waals surface area (Å²) in [5, 5.41) is 10.6. The zero-order chi connectivity index (χ0) is 19.4. The molecule has 5 atom stereocenters. The van der Waals surface area contributed by atoms with Gasteiger partial charge in [0.05, 0.1) is 5.92 Å². The largest absolute Gasteiger partial charge is 0.459 e. The van der Waals surface area contributed by atoms with Crippen LogP contribution in [-0.2, 0) is 19.1 Å². The predicted octanol–water partition coefficient (Wildman–Crippen LogP) is 3.01. The molecule has 5 heteroatoms. The van der Waals surface area contributed by atoms with Crippen molar-refractivity contribution >= 4 is 17.5 Å². The molecular formula is C20H30O5. The van der Waals surface area contributed by atoms with Crippen LogP contribution in [0.15, 0.2) is 23.8 Å². The maximum absolute atomic E-state index is 12.5. The molecule has 0 aromatic heterocycles. The zero-order valence-corrected chi connectivity index (χ0v) is 16.0. The number of allylic oxidation sites excluding steroid dienone is 3. The Morgan fingerprint density at radius 3 is 2.36 bits per heavy atom. The molecule has 0 aliphatic carbocycles. The first-order valence-corrected chi connectivity index (χ1v) is 8.88. The van der Waals surface area contributed by atoms with E-state index in [4.69, 9.17) is 4.74 Å². The first-order chi connectivity index (χ1) is 11.5. The summed E-state index contributed by atoms with van der Waals surface area (Å²) >= 11 is 0. The minimum absolute atomic E-state index is 0.0700. The van der Waals surface area contributed by atoms with Gasteiger partial charge in [-0.2, -0.15) is 0 Å². The van der Waals surface area contributed by atoms with Crippen LogP contribution in [-0.4, -0.2) is 34.3 Å². The summed E-state index contributed by atoms with van der Waals surface area (Å²) in [6.07, 6.45) is 4.33. The molecule has 0 saturated carbocycles. The van der Waals surface area contributed by atoms with Crippen LogP contribution in [0.5, 0.6) is 0 Å². The summed E-state index contributed by atoms with van der Waals surface area (Å²) in [4.78, 5) is 37.0. The predicted molar refractivity (Wildman–Crippen MR) is 95.8 cm³/mol. The molecule has 0 saturated heterocycles. The van der Waals surface area contributed by atoms with Crippen LogP contribution in [0, 0.1) is 17.8 Å². The van der Waals surface area contributed by atoms with E-state index >= 15 is 0 Å². The van der Waals surface area contributed by atoms with Gasteiger partial charge in [0.2, 0.25) is 0 Å². The normalized spacial score (nSPS) is 39.2. The third kappa shape index (κ3) is 5.63. The van der Waals surface area contributed by atoms with Crippen LogP contribution in [0.1, 0.15) is 54.4 Å². The van der Waals surface area contributed by atoms with E-state index in [1.807, 2.05) is 0 Å². The quantitative estimate of drug-likeness (QED) is 0.735. The Morgan fingerprint density at radius 1 is 1.20 bits per heavy atom. The molecule has 0 spiro atoms. The Balaban J connectivity index is 3.27. The second-order valence-electron chi connectivity index (χ2n) is 7.34. The van der Waals surface area contributed by atoms with Crippen LogP contribution in [0.2, 0.25) is 0 Å². The molecule has 0 bridgehead atoms. The van der Waals surface area contributed by atoms with Crippen molar-refractivity contribution in [2.75, 3.05) is 0 Å². The van der Waals surface area contributed by atoms with E-state index in [1.165, 1.54) is 19.1 Å². The molecule has 25 heavy (non-hydrogen) atoms. The first-order valence-electron chi connectivity index (χ1n) is 8.88. The number of ketones is 2. The molecular weight excluding hydrogens is 320 g/mol.